The van der Waals surface area contributed by atoms with E-state index in [1.807, 2.05) is 50.2 Å². The molecule has 2 aromatic carbocycles. The van der Waals surface area contributed by atoms with Crippen LogP contribution in [0.1, 0.15) is 11.4 Å². The highest BCUT2D eigenvalue weighted by Crippen LogP contribution is 2.21. The molecule has 0 saturated carbocycles. The average molecular weight is 373 g/mol. The average Bonchev–Trinajstić information content (AvgIpc) is 3.02. The van der Waals surface area contributed by atoms with Gasteiger partial charge in [0.2, 0.25) is 5.91 Å². The molecule has 0 aliphatic rings. The van der Waals surface area contributed by atoms with Crippen LogP contribution in [0.4, 0.5) is 5.69 Å². The van der Waals surface area contributed by atoms with E-state index in [2.05, 4.69) is 15.4 Å². The van der Waals surface area contributed by atoms with Gasteiger partial charge in [-0.3, -0.25) is 14.2 Å². The monoisotopic (exact) mass is 373 g/mol. The number of para-hydroxylation sites is 3. The number of fused-ring (bicyclic) bond motifs is 1. The van der Waals surface area contributed by atoms with Crippen LogP contribution in [-0.2, 0) is 11.3 Å². The Morgan fingerprint density at radius 1 is 1.07 bits per heavy atom. The molecule has 7 nitrogen and oxygen atoms in total. The molecule has 0 spiro atoms. The molecule has 0 atom stereocenters. The Kier molecular flexibility index (Phi) is 4.49. The highest BCUT2D eigenvalue weighted by atomic mass is 16.2. The lowest BCUT2D eigenvalue weighted by Gasteiger charge is -2.13. The lowest BCUT2D eigenvalue weighted by molar-refractivity contribution is -0.116. The quantitative estimate of drug-likeness (QED) is 0.596. The molecule has 0 radical (unpaired) electrons. The van der Waals surface area contributed by atoms with Crippen molar-refractivity contribution in [3.8, 4) is 5.69 Å². The van der Waals surface area contributed by atoms with Gasteiger partial charge < -0.3 is 5.32 Å². The van der Waals surface area contributed by atoms with Gasteiger partial charge in [0, 0.05) is 5.69 Å². The predicted octanol–water partition coefficient (Wildman–Crippen LogP) is 2.84. The van der Waals surface area contributed by atoms with Crippen molar-refractivity contribution in [2.24, 2.45) is 0 Å². The molecule has 0 unspecified atom stereocenters. The Morgan fingerprint density at radius 2 is 1.82 bits per heavy atom. The summed E-state index contributed by atoms with van der Waals surface area (Å²) in [5, 5.41) is 7.85. The van der Waals surface area contributed by atoms with Gasteiger partial charge in [-0.1, -0.05) is 24.3 Å². The Balaban J connectivity index is 1.61. The fourth-order valence-corrected chi connectivity index (χ4v) is 3.20. The van der Waals surface area contributed by atoms with E-state index in [0.717, 1.165) is 17.1 Å². The zero-order valence-corrected chi connectivity index (χ0v) is 15.6. The van der Waals surface area contributed by atoms with Crippen molar-refractivity contribution in [3.63, 3.8) is 0 Å². The van der Waals surface area contributed by atoms with Gasteiger partial charge in [0.25, 0.3) is 5.56 Å². The second kappa shape index (κ2) is 7.11. The molecular formula is C21H19N5O2. The smallest absolute Gasteiger partial charge is 0.261 e. The van der Waals surface area contributed by atoms with E-state index < -0.39 is 0 Å². The van der Waals surface area contributed by atoms with Crippen molar-refractivity contribution < 1.29 is 4.79 Å². The number of hydrogen-bond acceptors (Lipinski definition) is 4. The number of nitrogens with zero attached hydrogens (tertiary/aromatic N) is 4. The Hall–Kier alpha value is -3.74. The van der Waals surface area contributed by atoms with Gasteiger partial charge in [-0.15, -0.1) is 0 Å². The molecular weight excluding hydrogens is 354 g/mol. The zero-order valence-electron chi connectivity index (χ0n) is 15.6. The highest BCUT2D eigenvalue weighted by Gasteiger charge is 2.13. The topological polar surface area (TPSA) is 81.8 Å². The molecule has 0 aliphatic carbocycles. The summed E-state index contributed by atoms with van der Waals surface area (Å²) in [6, 6.07) is 16.5. The molecule has 2 heterocycles. The number of carbonyl (C=O) groups is 1. The molecule has 0 aliphatic heterocycles. The summed E-state index contributed by atoms with van der Waals surface area (Å²) >= 11 is 0. The minimum absolute atomic E-state index is 0.123. The molecule has 1 N–H and O–H groups in total. The number of amides is 1. The molecule has 0 fully saturated rings. The fraction of sp³-hybridized carbons (Fsp3) is 0.143. The van der Waals surface area contributed by atoms with Gasteiger partial charge in [0.05, 0.1) is 34.3 Å². The Morgan fingerprint density at radius 3 is 2.61 bits per heavy atom. The van der Waals surface area contributed by atoms with E-state index in [-0.39, 0.29) is 18.0 Å². The van der Waals surface area contributed by atoms with E-state index in [0.29, 0.717) is 16.6 Å². The van der Waals surface area contributed by atoms with Gasteiger partial charge in [-0.05, 0) is 44.2 Å². The number of hydrogen-bond donors (Lipinski definition) is 1. The Labute approximate surface area is 161 Å². The fourth-order valence-electron chi connectivity index (χ4n) is 3.20. The number of carbonyl (C=O) groups excluding carboxylic acids is 1. The van der Waals surface area contributed by atoms with E-state index in [4.69, 9.17) is 0 Å². The van der Waals surface area contributed by atoms with Gasteiger partial charge >= 0.3 is 0 Å². The summed E-state index contributed by atoms with van der Waals surface area (Å²) in [5.41, 5.74) is 3.62. The number of nitrogens with one attached hydrogen (secondary N) is 1. The van der Waals surface area contributed by atoms with Gasteiger partial charge in [0.1, 0.15) is 6.54 Å². The van der Waals surface area contributed by atoms with Crippen molar-refractivity contribution in [1.29, 1.82) is 0 Å². The number of benzene rings is 2. The van der Waals surface area contributed by atoms with Crippen molar-refractivity contribution in [1.82, 2.24) is 19.3 Å². The second-order valence-corrected chi connectivity index (χ2v) is 6.60. The van der Waals surface area contributed by atoms with Gasteiger partial charge in [-0.2, -0.15) is 5.10 Å². The molecule has 0 bridgehead atoms. The van der Waals surface area contributed by atoms with Crippen LogP contribution in [0.15, 0.2) is 65.7 Å². The summed E-state index contributed by atoms with van der Waals surface area (Å²) in [5.74, 6) is -0.312. The van der Waals surface area contributed by atoms with E-state index in [1.165, 1.54) is 10.9 Å². The maximum Gasteiger partial charge on any atom is 0.261 e. The summed E-state index contributed by atoms with van der Waals surface area (Å²) in [7, 11) is 0. The summed E-state index contributed by atoms with van der Waals surface area (Å²) < 4.78 is 3.10. The minimum atomic E-state index is -0.312. The van der Waals surface area contributed by atoms with Crippen LogP contribution in [0.5, 0.6) is 0 Å². The van der Waals surface area contributed by atoms with Crippen LogP contribution in [-0.4, -0.2) is 25.2 Å². The summed E-state index contributed by atoms with van der Waals surface area (Å²) in [6.07, 6.45) is 1.40. The van der Waals surface area contributed by atoms with E-state index in [9.17, 15) is 9.59 Å². The van der Waals surface area contributed by atoms with Crippen molar-refractivity contribution in [2.45, 2.75) is 20.4 Å². The largest absolute Gasteiger partial charge is 0.323 e. The summed E-state index contributed by atoms with van der Waals surface area (Å²) in [4.78, 5) is 29.4. The molecule has 1 amide bonds. The first-order valence-corrected chi connectivity index (χ1v) is 8.89. The lowest BCUT2D eigenvalue weighted by atomic mass is 10.2. The second-order valence-electron chi connectivity index (χ2n) is 6.60. The van der Waals surface area contributed by atoms with Gasteiger partial charge in [0.15, 0.2) is 0 Å². The molecule has 4 aromatic rings. The minimum Gasteiger partial charge on any atom is -0.323 e. The molecule has 7 heteroatoms. The third-order valence-electron chi connectivity index (χ3n) is 4.46. The first-order chi connectivity index (χ1) is 13.5. The number of anilines is 1. The van der Waals surface area contributed by atoms with Crippen LogP contribution in [0.2, 0.25) is 0 Å². The van der Waals surface area contributed by atoms with E-state index >= 15 is 0 Å². The van der Waals surface area contributed by atoms with Crippen molar-refractivity contribution in [2.75, 3.05) is 5.32 Å². The SMILES string of the molecule is Cc1cc(C)n(-c2ccccc2NC(=O)Cn2cnc3ccccc3c2=O)n1. The molecule has 2 aromatic heterocycles. The van der Waals surface area contributed by atoms with Crippen LogP contribution < -0.4 is 10.9 Å². The number of aryl methyl sites for hydroxylation is 2. The standard InChI is InChI=1S/C21H19N5O2/c1-14-11-15(2)26(24-14)19-10-6-5-9-18(19)23-20(27)12-25-13-22-17-8-4-3-7-16(17)21(25)28/h3-11,13H,12H2,1-2H3,(H,23,27). The normalized spacial score (nSPS) is 10.9. The highest BCUT2D eigenvalue weighted by molar-refractivity contribution is 5.92. The number of rotatable bonds is 4. The first-order valence-electron chi connectivity index (χ1n) is 8.89. The van der Waals surface area contributed by atoms with Crippen molar-refractivity contribution >= 4 is 22.5 Å². The molecule has 140 valence electrons. The first kappa shape index (κ1) is 17.7. The zero-order chi connectivity index (χ0) is 19.7. The van der Waals surface area contributed by atoms with Crippen LogP contribution in [0.3, 0.4) is 0 Å². The Bertz CT molecular complexity index is 1240. The molecule has 28 heavy (non-hydrogen) atoms. The third-order valence-corrected chi connectivity index (χ3v) is 4.46. The lowest BCUT2D eigenvalue weighted by Crippen LogP contribution is -2.28. The predicted molar refractivity (Wildman–Crippen MR) is 108 cm³/mol. The summed E-state index contributed by atoms with van der Waals surface area (Å²) in [6.45, 7) is 3.75. The maximum absolute atomic E-state index is 12.6. The molecule has 0 saturated heterocycles. The van der Waals surface area contributed by atoms with E-state index in [1.54, 1.807) is 22.9 Å². The van der Waals surface area contributed by atoms with Gasteiger partial charge in [-0.25, -0.2) is 9.67 Å². The number of aromatic nitrogens is 4. The van der Waals surface area contributed by atoms with Crippen LogP contribution in [0.25, 0.3) is 16.6 Å². The van der Waals surface area contributed by atoms with Crippen LogP contribution >= 0.6 is 0 Å². The molecule has 4 rings (SSSR count). The van der Waals surface area contributed by atoms with Crippen LogP contribution in [0, 0.1) is 13.8 Å². The van der Waals surface area contributed by atoms with Crippen molar-refractivity contribution in [3.05, 3.63) is 82.7 Å². The third kappa shape index (κ3) is 3.29. The maximum atomic E-state index is 12.6.